The average Bonchev–Trinajstić information content (AvgIpc) is 3.32. The molecule has 45 heavy (non-hydrogen) atoms. The normalized spacial score (nSPS) is 11.9. The highest BCUT2D eigenvalue weighted by Gasteiger charge is 2.17. The van der Waals surface area contributed by atoms with Crippen LogP contribution in [-0.4, -0.2) is 22.8 Å². The van der Waals surface area contributed by atoms with E-state index in [1.807, 2.05) is 32.0 Å². The first-order valence-electron chi connectivity index (χ1n) is 15.5. The number of rotatable bonds is 11. The number of benzene rings is 4. The average molecular weight is 623 g/mol. The Labute approximate surface area is 266 Å². The Kier molecular flexibility index (Phi) is 9.44. The molecule has 0 spiro atoms. The van der Waals surface area contributed by atoms with Gasteiger partial charge >= 0.3 is 5.69 Å². The molecular weight excluding hydrogens is 580 g/mol. The molecule has 234 valence electrons. The lowest BCUT2D eigenvalue weighted by Gasteiger charge is -2.19. The fraction of sp³-hybridized carbons (Fsp3) is 0.297. The predicted molar refractivity (Wildman–Crippen MR) is 182 cm³/mol. The highest BCUT2D eigenvalue weighted by atomic mass is 32.2. The monoisotopic (exact) mass is 622 g/mol. The van der Waals surface area contributed by atoms with Crippen molar-refractivity contribution >= 4 is 15.7 Å². The predicted octanol–water partition coefficient (Wildman–Crippen LogP) is 7.36. The van der Waals surface area contributed by atoms with Crippen molar-refractivity contribution in [2.24, 2.45) is 0 Å². The zero-order valence-corrected chi connectivity index (χ0v) is 27.6. The van der Waals surface area contributed by atoms with Crippen LogP contribution < -0.4 is 10.4 Å². The Hall–Kier alpha value is -4.43. The number of aromatic nitrogens is 3. The van der Waals surface area contributed by atoms with Crippen LogP contribution in [-0.2, 0) is 41.4 Å². The Morgan fingerprint density at radius 1 is 0.800 bits per heavy atom. The second-order valence-electron chi connectivity index (χ2n) is 12.5. The van der Waals surface area contributed by atoms with E-state index in [-0.39, 0.29) is 16.0 Å². The largest absolute Gasteiger partial charge is 0.346 e. The van der Waals surface area contributed by atoms with Crippen molar-refractivity contribution in [1.82, 2.24) is 14.3 Å². The first-order chi connectivity index (χ1) is 21.4. The van der Waals surface area contributed by atoms with E-state index in [9.17, 15) is 13.2 Å². The Morgan fingerprint density at radius 2 is 1.44 bits per heavy atom. The first-order valence-corrected chi connectivity index (χ1v) is 17.0. The molecule has 0 aliphatic rings. The van der Waals surface area contributed by atoms with E-state index in [1.165, 1.54) is 11.1 Å². The summed E-state index contributed by atoms with van der Waals surface area (Å²) >= 11 is 0. The maximum Gasteiger partial charge on any atom is 0.346 e. The molecule has 0 aliphatic carbocycles. The molecule has 1 aromatic heterocycles. The molecule has 0 aliphatic heterocycles. The maximum atomic E-state index is 13.1. The number of anilines is 1. The van der Waals surface area contributed by atoms with Crippen LogP contribution in [0.1, 0.15) is 62.2 Å². The summed E-state index contributed by atoms with van der Waals surface area (Å²) in [4.78, 5) is 13.3. The zero-order valence-electron chi connectivity index (χ0n) is 26.7. The van der Waals surface area contributed by atoms with Crippen molar-refractivity contribution in [2.75, 3.05) is 4.72 Å². The van der Waals surface area contributed by atoms with Crippen LogP contribution in [0.2, 0.25) is 0 Å². The first kappa shape index (κ1) is 32.0. The van der Waals surface area contributed by atoms with Gasteiger partial charge in [0.05, 0.1) is 17.1 Å². The minimum atomic E-state index is -3.68. The van der Waals surface area contributed by atoms with Gasteiger partial charge in [-0.05, 0) is 83.7 Å². The molecule has 0 saturated carbocycles. The van der Waals surface area contributed by atoms with E-state index in [4.69, 9.17) is 5.10 Å². The minimum Gasteiger partial charge on any atom is -0.279 e. The van der Waals surface area contributed by atoms with Gasteiger partial charge in [0.2, 0.25) is 0 Å². The van der Waals surface area contributed by atoms with Gasteiger partial charge in [0.25, 0.3) is 10.0 Å². The molecule has 0 radical (unpaired) electrons. The van der Waals surface area contributed by atoms with Crippen molar-refractivity contribution in [3.05, 3.63) is 136 Å². The van der Waals surface area contributed by atoms with Gasteiger partial charge in [-0.15, -0.1) is 0 Å². The molecule has 0 amide bonds. The van der Waals surface area contributed by atoms with Gasteiger partial charge in [0.1, 0.15) is 5.82 Å². The van der Waals surface area contributed by atoms with Gasteiger partial charge in [-0.2, -0.15) is 5.10 Å². The standard InChI is InChI=1S/C37H42N4O3S/c1-6-40-35(38-41(36(40)42)26-29-18-23-32(24-19-29)37(3,4)5)14-10-11-28-16-21-30(22-17-28)31-20-15-27(2)34(25-31)39-45(43,44)33-12-8-7-9-13-33/h7-9,12-13,15-25,39H,6,10-11,14,26H2,1-5H3. The van der Waals surface area contributed by atoms with E-state index >= 15 is 0 Å². The fourth-order valence-electron chi connectivity index (χ4n) is 5.40. The zero-order chi connectivity index (χ0) is 32.2. The van der Waals surface area contributed by atoms with Gasteiger partial charge in [-0.25, -0.2) is 17.9 Å². The molecule has 0 unspecified atom stereocenters. The second-order valence-corrected chi connectivity index (χ2v) is 14.2. The Bertz CT molecular complexity index is 1920. The quantitative estimate of drug-likeness (QED) is 0.167. The summed E-state index contributed by atoms with van der Waals surface area (Å²) < 4.78 is 31.9. The smallest absolute Gasteiger partial charge is 0.279 e. The number of hydrogen-bond acceptors (Lipinski definition) is 4. The van der Waals surface area contributed by atoms with E-state index in [0.29, 0.717) is 25.2 Å². The van der Waals surface area contributed by atoms with E-state index in [0.717, 1.165) is 40.9 Å². The van der Waals surface area contributed by atoms with Crippen LogP contribution in [0.4, 0.5) is 5.69 Å². The van der Waals surface area contributed by atoms with Gasteiger partial charge in [-0.3, -0.25) is 9.29 Å². The molecular formula is C37H42N4O3S. The third kappa shape index (κ3) is 7.63. The highest BCUT2D eigenvalue weighted by Crippen LogP contribution is 2.28. The van der Waals surface area contributed by atoms with E-state index in [1.54, 1.807) is 39.6 Å². The highest BCUT2D eigenvalue weighted by molar-refractivity contribution is 7.92. The van der Waals surface area contributed by atoms with Crippen LogP contribution in [0.5, 0.6) is 0 Å². The molecule has 8 heteroatoms. The van der Waals surface area contributed by atoms with Gasteiger partial charge in [0, 0.05) is 13.0 Å². The van der Waals surface area contributed by atoms with Crippen molar-refractivity contribution in [3.8, 4) is 11.1 Å². The summed E-state index contributed by atoms with van der Waals surface area (Å²) in [7, 11) is -3.68. The number of nitrogens with one attached hydrogen (secondary N) is 1. The molecule has 0 atom stereocenters. The summed E-state index contributed by atoms with van der Waals surface area (Å²) in [5, 5.41) is 4.71. The summed E-state index contributed by atoms with van der Waals surface area (Å²) in [6.07, 6.45) is 2.44. The van der Waals surface area contributed by atoms with Gasteiger partial charge in [-0.1, -0.05) is 99.6 Å². The third-order valence-corrected chi connectivity index (χ3v) is 9.54. The number of sulfonamides is 1. The topological polar surface area (TPSA) is 86.0 Å². The van der Waals surface area contributed by atoms with E-state index < -0.39 is 10.0 Å². The second kappa shape index (κ2) is 13.3. The number of nitrogens with zero attached hydrogens (tertiary/aromatic N) is 3. The summed E-state index contributed by atoms with van der Waals surface area (Å²) in [5.41, 5.74) is 6.89. The van der Waals surface area contributed by atoms with E-state index in [2.05, 4.69) is 74.0 Å². The van der Waals surface area contributed by atoms with Crippen LogP contribution in [0, 0.1) is 6.92 Å². The summed E-state index contributed by atoms with van der Waals surface area (Å²) in [6, 6.07) is 31.0. The number of hydrogen-bond donors (Lipinski definition) is 1. The van der Waals surface area contributed by atoms with Gasteiger partial charge < -0.3 is 0 Å². The Morgan fingerprint density at radius 3 is 2.09 bits per heavy atom. The lowest BCUT2D eigenvalue weighted by molar-refractivity contribution is 0.588. The van der Waals surface area contributed by atoms with Crippen molar-refractivity contribution in [1.29, 1.82) is 0 Å². The van der Waals surface area contributed by atoms with Gasteiger partial charge in [0.15, 0.2) is 0 Å². The van der Waals surface area contributed by atoms with Crippen molar-refractivity contribution in [3.63, 3.8) is 0 Å². The van der Waals surface area contributed by atoms with Crippen LogP contribution in [0.3, 0.4) is 0 Å². The van der Waals surface area contributed by atoms with Crippen LogP contribution >= 0.6 is 0 Å². The van der Waals surface area contributed by atoms with Crippen LogP contribution in [0.25, 0.3) is 11.1 Å². The SMILES string of the molecule is CCn1c(CCCc2ccc(-c3ccc(C)c(NS(=O)(=O)c4ccccc4)c3)cc2)nn(Cc2ccc(C(C)(C)C)cc2)c1=O. The summed E-state index contributed by atoms with van der Waals surface area (Å²) in [5.74, 6) is 0.815. The fourth-order valence-corrected chi connectivity index (χ4v) is 6.55. The molecule has 5 rings (SSSR count). The number of aryl methyl sites for hydroxylation is 3. The molecule has 4 aromatic carbocycles. The molecule has 0 bridgehead atoms. The molecule has 0 fully saturated rings. The summed E-state index contributed by atoms with van der Waals surface area (Å²) in [6.45, 7) is 11.5. The molecule has 1 heterocycles. The minimum absolute atomic E-state index is 0.0692. The Balaban J connectivity index is 1.22. The lowest BCUT2D eigenvalue weighted by atomic mass is 9.87. The molecule has 0 saturated heterocycles. The molecule has 7 nitrogen and oxygen atoms in total. The molecule has 5 aromatic rings. The van der Waals surface area contributed by atoms with Crippen molar-refractivity contribution in [2.45, 2.75) is 77.3 Å². The lowest BCUT2D eigenvalue weighted by Crippen LogP contribution is -2.25. The third-order valence-electron chi connectivity index (χ3n) is 8.16. The maximum absolute atomic E-state index is 13.1. The molecule has 1 N–H and O–H groups in total. The van der Waals surface area contributed by atoms with Crippen molar-refractivity contribution < 1.29 is 8.42 Å². The van der Waals surface area contributed by atoms with Crippen LogP contribution in [0.15, 0.2) is 107 Å².